The standard InChI is InChI=1S/C40H64F4O7P2/c1-29(2)21-17-25-37(13,33(9)41)47-52(45,48-38(14,34(10)42)26-18-22-30(3)4)51-53(46,49-39(15,35(11)43)27-19-23-31(5)6)50-40(16,36(12)44)28-20-24-32(7)8/h21-24H,9-12,17-20,25-28H2,1-8,13-16H3. The lowest BCUT2D eigenvalue weighted by Gasteiger charge is -2.39. The van der Waals surface area contributed by atoms with Crippen LogP contribution in [0.15, 0.2) is 96.2 Å². The molecule has 53 heavy (non-hydrogen) atoms. The predicted molar refractivity (Wildman–Crippen MR) is 210 cm³/mol. The molecule has 0 aliphatic carbocycles. The van der Waals surface area contributed by atoms with Crippen LogP contribution < -0.4 is 0 Å². The molecule has 304 valence electrons. The first kappa shape index (κ1) is 50.9. The Morgan fingerprint density at radius 3 is 0.755 bits per heavy atom. The molecule has 0 aromatic rings. The van der Waals surface area contributed by atoms with Gasteiger partial charge in [0.05, 0.1) is 0 Å². The van der Waals surface area contributed by atoms with E-state index in [1.54, 1.807) is 24.3 Å². The Balaban J connectivity index is 7.85. The zero-order valence-corrected chi connectivity index (χ0v) is 35.8. The lowest BCUT2D eigenvalue weighted by molar-refractivity contribution is -0.0294. The molecular formula is C40H64F4O7P2. The number of phosphoric ester groups is 2. The van der Waals surface area contributed by atoms with Crippen LogP contribution in [0.25, 0.3) is 0 Å². The third-order valence-electron chi connectivity index (χ3n) is 8.44. The third-order valence-corrected chi connectivity index (χ3v) is 12.6. The summed E-state index contributed by atoms with van der Waals surface area (Å²) in [5.41, 5.74) is -5.08. The van der Waals surface area contributed by atoms with Crippen LogP contribution in [-0.2, 0) is 31.5 Å². The average Bonchev–Trinajstić information content (AvgIpc) is 2.95. The van der Waals surface area contributed by atoms with E-state index in [0.717, 1.165) is 22.3 Å². The van der Waals surface area contributed by atoms with Gasteiger partial charge in [-0.1, -0.05) is 72.9 Å². The summed E-state index contributed by atoms with van der Waals surface area (Å²) in [6.07, 6.45) is 7.04. The molecule has 0 fully saturated rings. The lowest BCUT2D eigenvalue weighted by atomic mass is 9.98. The molecule has 4 unspecified atom stereocenters. The molecule has 0 aliphatic heterocycles. The molecule has 0 aliphatic rings. The Hall–Kier alpha value is -2.10. The molecule has 13 heteroatoms. The molecule has 0 saturated carbocycles. The number of allylic oxidation sites excluding steroid dienone is 8. The van der Waals surface area contributed by atoms with E-state index in [1.807, 2.05) is 55.4 Å². The minimum absolute atomic E-state index is 0.189. The van der Waals surface area contributed by atoms with Crippen LogP contribution in [0.2, 0.25) is 0 Å². The van der Waals surface area contributed by atoms with Crippen molar-refractivity contribution in [3.8, 4) is 0 Å². The number of halogens is 4. The van der Waals surface area contributed by atoms with Gasteiger partial charge >= 0.3 is 15.6 Å². The fourth-order valence-electron chi connectivity index (χ4n) is 4.68. The summed E-state index contributed by atoms with van der Waals surface area (Å²) in [6, 6.07) is 0. The van der Waals surface area contributed by atoms with Gasteiger partial charge in [-0.05, 0) is 134 Å². The second kappa shape index (κ2) is 21.3. The summed E-state index contributed by atoms with van der Waals surface area (Å²) in [4.78, 5) is 0. The molecule has 0 bridgehead atoms. The van der Waals surface area contributed by atoms with Gasteiger partial charge in [0, 0.05) is 0 Å². The molecule has 0 N–H and O–H groups in total. The van der Waals surface area contributed by atoms with Gasteiger partial charge in [-0.2, -0.15) is 4.31 Å². The summed E-state index contributed by atoms with van der Waals surface area (Å²) in [7, 11) is -11.2. The summed E-state index contributed by atoms with van der Waals surface area (Å²) in [5, 5.41) is 0. The van der Waals surface area contributed by atoms with Crippen molar-refractivity contribution in [2.75, 3.05) is 0 Å². The van der Waals surface area contributed by atoms with E-state index < -0.39 is 61.4 Å². The van der Waals surface area contributed by atoms with Crippen LogP contribution in [0.5, 0.6) is 0 Å². The lowest BCUT2D eigenvalue weighted by Crippen LogP contribution is -2.35. The fourth-order valence-corrected chi connectivity index (χ4v) is 9.00. The van der Waals surface area contributed by atoms with Crippen molar-refractivity contribution < 1.29 is 49.1 Å². The number of phosphoric acid groups is 2. The van der Waals surface area contributed by atoms with Crippen molar-refractivity contribution in [1.29, 1.82) is 0 Å². The average molecular weight is 795 g/mol. The van der Waals surface area contributed by atoms with Crippen LogP contribution in [0.1, 0.15) is 134 Å². The smallest absolute Gasteiger partial charge is 0.273 e. The molecule has 7 nitrogen and oxygen atoms in total. The number of hydrogen-bond donors (Lipinski definition) is 0. The quantitative estimate of drug-likeness (QED) is 0.0490. The Morgan fingerprint density at radius 1 is 0.453 bits per heavy atom. The van der Waals surface area contributed by atoms with Gasteiger partial charge in [-0.15, -0.1) is 0 Å². The van der Waals surface area contributed by atoms with E-state index in [2.05, 4.69) is 26.3 Å². The maximum absolute atomic E-state index is 15.3. The van der Waals surface area contributed by atoms with Gasteiger partial charge in [0.1, 0.15) is 45.7 Å². The first-order valence-corrected chi connectivity index (χ1v) is 20.6. The van der Waals surface area contributed by atoms with Crippen LogP contribution in [0, 0.1) is 0 Å². The molecule has 0 aromatic carbocycles. The second-order valence-electron chi connectivity index (χ2n) is 15.2. The van der Waals surface area contributed by atoms with E-state index in [1.165, 1.54) is 27.7 Å². The van der Waals surface area contributed by atoms with Crippen molar-refractivity contribution in [1.82, 2.24) is 0 Å². The number of hydrogen-bond acceptors (Lipinski definition) is 7. The largest absolute Gasteiger partial charge is 0.485 e. The van der Waals surface area contributed by atoms with Crippen LogP contribution in [-0.4, -0.2) is 22.4 Å². The van der Waals surface area contributed by atoms with E-state index in [9.17, 15) is 0 Å². The van der Waals surface area contributed by atoms with Crippen molar-refractivity contribution in [3.63, 3.8) is 0 Å². The maximum atomic E-state index is 15.3. The highest BCUT2D eigenvalue weighted by atomic mass is 31.3. The monoisotopic (exact) mass is 794 g/mol. The molecule has 0 saturated heterocycles. The van der Waals surface area contributed by atoms with E-state index in [0.29, 0.717) is 0 Å². The Kier molecular flexibility index (Phi) is 20.4. The second-order valence-corrected chi connectivity index (χ2v) is 18.3. The first-order valence-electron chi connectivity index (χ1n) is 17.6. The molecule has 4 atom stereocenters. The van der Waals surface area contributed by atoms with Gasteiger partial charge in [-0.3, -0.25) is 18.1 Å². The normalized spacial score (nSPS) is 18.3. The Labute approximate surface area is 317 Å². The maximum Gasteiger partial charge on any atom is 0.485 e. The van der Waals surface area contributed by atoms with E-state index >= 15 is 26.7 Å². The predicted octanol–water partition coefficient (Wildman–Crippen LogP) is 15.2. The minimum atomic E-state index is -5.62. The van der Waals surface area contributed by atoms with Crippen molar-refractivity contribution >= 4 is 15.6 Å². The van der Waals surface area contributed by atoms with E-state index in [-0.39, 0.29) is 51.4 Å². The molecular weight excluding hydrogens is 730 g/mol. The zero-order chi connectivity index (χ0) is 41.6. The Morgan fingerprint density at radius 2 is 0.623 bits per heavy atom. The van der Waals surface area contributed by atoms with Crippen molar-refractivity contribution in [2.45, 2.75) is 157 Å². The SMILES string of the molecule is C=C(F)C(C)(CCC=C(C)C)OP(=O)(OC(C)(CCC=C(C)C)C(=C)F)OP(=O)(OC(C)(CCC=C(C)C)C(=C)F)OC(C)(CCC=C(C)C)C(=C)F. The van der Waals surface area contributed by atoms with Gasteiger partial charge in [0.25, 0.3) is 0 Å². The highest BCUT2D eigenvalue weighted by Gasteiger charge is 2.55. The summed E-state index contributed by atoms with van der Waals surface area (Å²) < 4.78 is 120. The fraction of sp³-hybridized carbons (Fsp3) is 0.600. The highest BCUT2D eigenvalue weighted by Crippen LogP contribution is 2.72. The molecule has 0 spiro atoms. The summed E-state index contributed by atoms with van der Waals surface area (Å²) >= 11 is 0. The third kappa shape index (κ3) is 17.9. The van der Waals surface area contributed by atoms with Crippen molar-refractivity contribution in [2.24, 2.45) is 0 Å². The van der Waals surface area contributed by atoms with Crippen molar-refractivity contribution in [3.05, 3.63) is 96.2 Å². The molecule has 0 radical (unpaired) electrons. The molecule has 0 heterocycles. The molecule has 0 amide bonds. The van der Waals surface area contributed by atoms with Crippen LogP contribution >= 0.6 is 15.6 Å². The first-order chi connectivity index (χ1) is 24.0. The van der Waals surface area contributed by atoms with Crippen LogP contribution in [0.3, 0.4) is 0 Å². The van der Waals surface area contributed by atoms with E-state index in [4.69, 9.17) is 22.4 Å². The van der Waals surface area contributed by atoms with Gasteiger partial charge in [0.2, 0.25) is 0 Å². The van der Waals surface area contributed by atoms with Gasteiger partial charge in [0.15, 0.2) is 0 Å². The van der Waals surface area contributed by atoms with Gasteiger partial charge < -0.3 is 0 Å². The topological polar surface area (TPSA) is 80.3 Å². The summed E-state index contributed by atoms with van der Waals surface area (Å²) in [6.45, 7) is 32.8. The Bertz CT molecular complexity index is 1320. The van der Waals surface area contributed by atoms with Gasteiger partial charge in [-0.25, -0.2) is 26.7 Å². The molecule has 0 aromatic heterocycles. The minimum Gasteiger partial charge on any atom is -0.273 e. The number of rotatable bonds is 26. The molecule has 0 rings (SSSR count). The zero-order valence-electron chi connectivity index (χ0n) is 34.1. The highest BCUT2D eigenvalue weighted by molar-refractivity contribution is 7.62. The van der Waals surface area contributed by atoms with Crippen LogP contribution in [0.4, 0.5) is 17.6 Å². The summed E-state index contributed by atoms with van der Waals surface area (Å²) in [5.74, 6) is -4.49.